The molecule has 14 heavy (non-hydrogen) atoms. The first-order valence-corrected chi connectivity index (χ1v) is 4.66. The van der Waals surface area contributed by atoms with E-state index in [-0.39, 0.29) is 18.1 Å². The minimum Gasteiger partial charge on any atom is -0.462 e. The number of hydrogen-bond donors (Lipinski definition) is 0. The predicted octanol–water partition coefficient (Wildman–Crippen LogP) is 0.974. The van der Waals surface area contributed by atoms with Crippen molar-refractivity contribution < 1.29 is 14.3 Å². The fourth-order valence-corrected chi connectivity index (χ4v) is 0.973. The van der Waals surface area contributed by atoms with E-state index in [1.807, 2.05) is 6.92 Å². The van der Waals surface area contributed by atoms with Gasteiger partial charge < -0.3 is 9.64 Å². The summed E-state index contributed by atoms with van der Waals surface area (Å²) in [5, 5.41) is 0. The number of hydrogen-bond acceptors (Lipinski definition) is 3. The molecule has 0 saturated heterocycles. The second-order valence-electron chi connectivity index (χ2n) is 2.93. The van der Waals surface area contributed by atoms with E-state index >= 15 is 0 Å². The molecule has 0 aliphatic carbocycles. The summed E-state index contributed by atoms with van der Waals surface area (Å²) in [7, 11) is 1.64. The summed E-state index contributed by atoms with van der Waals surface area (Å²) in [5.41, 5.74) is -0.109. The highest BCUT2D eigenvalue weighted by Crippen LogP contribution is 2.01. The maximum absolute atomic E-state index is 11.5. The van der Waals surface area contributed by atoms with Gasteiger partial charge in [-0.25, -0.2) is 4.79 Å². The lowest BCUT2D eigenvalue weighted by Gasteiger charge is -2.16. The third-order valence-electron chi connectivity index (χ3n) is 1.69. The van der Waals surface area contributed by atoms with Gasteiger partial charge in [0.05, 0.1) is 6.61 Å². The minimum absolute atomic E-state index is 0.109. The second kappa shape index (κ2) is 6.18. The highest BCUT2D eigenvalue weighted by Gasteiger charge is 2.19. The Hall–Kier alpha value is -1.32. The number of likely N-dealkylation sites (N-methyl/N-ethyl adjacent to an activating group) is 1. The van der Waals surface area contributed by atoms with Crippen LogP contribution in [0.1, 0.15) is 20.3 Å². The lowest BCUT2D eigenvalue weighted by Crippen LogP contribution is -2.31. The Morgan fingerprint density at radius 3 is 2.36 bits per heavy atom. The largest absolute Gasteiger partial charge is 0.462 e. The van der Waals surface area contributed by atoms with Crippen molar-refractivity contribution in [2.24, 2.45) is 0 Å². The zero-order chi connectivity index (χ0) is 11.1. The number of ether oxygens (including phenoxy) is 1. The van der Waals surface area contributed by atoms with Gasteiger partial charge in [0.1, 0.15) is 5.57 Å². The van der Waals surface area contributed by atoms with Gasteiger partial charge >= 0.3 is 5.97 Å². The molecule has 4 heteroatoms. The molecular formula is C10H17NO3. The van der Waals surface area contributed by atoms with E-state index in [9.17, 15) is 9.59 Å². The van der Waals surface area contributed by atoms with E-state index in [0.717, 1.165) is 6.42 Å². The quantitative estimate of drug-likeness (QED) is 0.287. The van der Waals surface area contributed by atoms with Gasteiger partial charge in [-0.2, -0.15) is 0 Å². The van der Waals surface area contributed by atoms with Crippen molar-refractivity contribution in [3.8, 4) is 0 Å². The number of rotatable bonds is 5. The summed E-state index contributed by atoms with van der Waals surface area (Å²) >= 11 is 0. The molecule has 0 unspecified atom stereocenters. The summed E-state index contributed by atoms with van der Waals surface area (Å²) < 4.78 is 4.67. The Morgan fingerprint density at radius 2 is 1.93 bits per heavy atom. The lowest BCUT2D eigenvalue weighted by atomic mass is 10.2. The van der Waals surface area contributed by atoms with Crippen molar-refractivity contribution in [3.05, 3.63) is 12.2 Å². The molecule has 0 aliphatic heterocycles. The van der Waals surface area contributed by atoms with E-state index in [1.54, 1.807) is 14.0 Å². The Bertz CT molecular complexity index is 236. The molecule has 0 aromatic rings. The van der Waals surface area contributed by atoms with Gasteiger partial charge in [0, 0.05) is 13.6 Å². The molecule has 0 saturated carbocycles. The van der Waals surface area contributed by atoms with Gasteiger partial charge in [-0.3, -0.25) is 4.79 Å². The van der Waals surface area contributed by atoms with Crippen LogP contribution in [0.2, 0.25) is 0 Å². The molecule has 4 nitrogen and oxygen atoms in total. The van der Waals surface area contributed by atoms with E-state index in [1.165, 1.54) is 4.90 Å². The maximum atomic E-state index is 11.5. The van der Waals surface area contributed by atoms with Gasteiger partial charge in [-0.15, -0.1) is 0 Å². The van der Waals surface area contributed by atoms with Gasteiger partial charge in [0.25, 0.3) is 5.91 Å². The fourth-order valence-electron chi connectivity index (χ4n) is 0.973. The molecular weight excluding hydrogens is 182 g/mol. The van der Waals surface area contributed by atoms with Gasteiger partial charge in [0.15, 0.2) is 0 Å². The number of carbonyl (C=O) groups excluding carboxylic acids is 2. The van der Waals surface area contributed by atoms with Crippen LogP contribution in [-0.2, 0) is 14.3 Å². The van der Waals surface area contributed by atoms with Crippen molar-refractivity contribution in [2.45, 2.75) is 20.3 Å². The smallest absolute Gasteiger partial charge is 0.343 e. The van der Waals surface area contributed by atoms with Crippen LogP contribution in [0.3, 0.4) is 0 Å². The van der Waals surface area contributed by atoms with E-state index in [0.29, 0.717) is 6.54 Å². The molecule has 0 aromatic heterocycles. The number of carbonyl (C=O) groups is 2. The van der Waals surface area contributed by atoms with Crippen LogP contribution in [-0.4, -0.2) is 37.0 Å². The van der Waals surface area contributed by atoms with Gasteiger partial charge in [0.2, 0.25) is 0 Å². The SMILES string of the molecule is C=C(C(=O)OCC)C(=O)N(C)CCC. The first-order valence-electron chi connectivity index (χ1n) is 4.66. The van der Waals surface area contributed by atoms with E-state index in [4.69, 9.17) is 0 Å². The van der Waals surface area contributed by atoms with Crippen molar-refractivity contribution in [1.82, 2.24) is 4.90 Å². The molecule has 0 rings (SSSR count). The predicted molar refractivity (Wildman–Crippen MR) is 53.7 cm³/mol. The maximum Gasteiger partial charge on any atom is 0.343 e. The molecule has 0 N–H and O–H groups in total. The van der Waals surface area contributed by atoms with E-state index < -0.39 is 5.97 Å². The highest BCUT2D eigenvalue weighted by atomic mass is 16.5. The Kier molecular flexibility index (Phi) is 5.60. The minimum atomic E-state index is -0.638. The van der Waals surface area contributed by atoms with Crippen molar-refractivity contribution >= 4 is 11.9 Å². The zero-order valence-electron chi connectivity index (χ0n) is 9.00. The molecule has 0 bridgehead atoms. The number of esters is 1. The average molecular weight is 199 g/mol. The van der Waals surface area contributed by atoms with Crippen LogP contribution in [0.25, 0.3) is 0 Å². The van der Waals surface area contributed by atoms with Crippen LogP contribution in [0.15, 0.2) is 12.2 Å². The third-order valence-corrected chi connectivity index (χ3v) is 1.69. The summed E-state index contributed by atoms with van der Waals surface area (Å²) in [4.78, 5) is 24.1. The average Bonchev–Trinajstić information content (AvgIpc) is 2.16. The van der Waals surface area contributed by atoms with Crippen LogP contribution in [0.4, 0.5) is 0 Å². The Morgan fingerprint density at radius 1 is 1.36 bits per heavy atom. The molecule has 0 aromatic carbocycles. The van der Waals surface area contributed by atoms with Crippen LogP contribution in [0.5, 0.6) is 0 Å². The van der Waals surface area contributed by atoms with Crippen LogP contribution in [0, 0.1) is 0 Å². The normalized spacial score (nSPS) is 9.36. The number of nitrogens with zero attached hydrogens (tertiary/aromatic N) is 1. The first kappa shape index (κ1) is 12.7. The summed E-state index contributed by atoms with van der Waals surface area (Å²) in [6, 6.07) is 0. The second-order valence-corrected chi connectivity index (χ2v) is 2.93. The van der Waals surface area contributed by atoms with Gasteiger partial charge in [-0.1, -0.05) is 13.5 Å². The summed E-state index contributed by atoms with van der Waals surface area (Å²) in [6.07, 6.45) is 0.846. The van der Waals surface area contributed by atoms with Crippen LogP contribution < -0.4 is 0 Å². The molecule has 0 fully saturated rings. The topological polar surface area (TPSA) is 46.6 Å². The van der Waals surface area contributed by atoms with Crippen molar-refractivity contribution in [2.75, 3.05) is 20.2 Å². The highest BCUT2D eigenvalue weighted by molar-refractivity contribution is 6.15. The molecule has 0 aliphatic rings. The van der Waals surface area contributed by atoms with Gasteiger partial charge in [-0.05, 0) is 13.3 Å². The molecule has 80 valence electrons. The molecule has 0 spiro atoms. The Labute approximate surface area is 84.5 Å². The molecule has 0 heterocycles. The van der Waals surface area contributed by atoms with E-state index in [2.05, 4.69) is 11.3 Å². The van der Waals surface area contributed by atoms with Crippen molar-refractivity contribution in [1.29, 1.82) is 0 Å². The summed E-state index contributed by atoms with van der Waals surface area (Å²) in [6.45, 7) is 7.91. The Balaban J connectivity index is 4.24. The van der Waals surface area contributed by atoms with Crippen LogP contribution >= 0.6 is 0 Å². The lowest BCUT2D eigenvalue weighted by molar-refractivity contribution is -0.141. The molecule has 1 amide bonds. The fraction of sp³-hybridized carbons (Fsp3) is 0.600. The number of amides is 1. The molecule has 0 radical (unpaired) electrons. The van der Waals surface area contributed by atoms with Crippen molar-refractivity contribution in [3.63, 3.8) is 0 Å². The third kappa shape index (κ3) is 3.60. The molecule has 0 atom stereocenters. The monoisotopic (exact) mass is 199 g/mol. The summed E-state index contributed by atoms with van der Waals surface area (Å²) in [5.74, 6) is -1.01. The first-order chi connectivity index (χ1) is 6.54. The standard InChI is InChI=1S/C10H17NO3/c1-5-7-11(4)9(12)8(3)10(13)14-6-2/h3,5-7H2,1-2,4H3. The zero-order valence-corrected chi connectivity index (χ0v) is 9.00.